The fraction of sp³-hybridized carbons (Fsp3) is 0.286. The summed E-state index contributed by atoms with van der Waals surface area (Å²) >= 11 is 0. The van der Waals surface area contributed by atoms with E-state index in [1.165, 1.54) is 6.07 Å². The second-order valence-electron chi connectivity index (χ2n) is 4.86. The molecule has 0 spiro atoms. The van der Waals surface area contributed by atoms with Gasteiger partial charge in [-0.2, -0.15) is 0 Å². The average molecular weight is 288 g/mol. The van der Waals surface area contributed by atoms with Crippen LogP contribution in [0.5, 0.6) is 0 Å². The van der Waals surface area contributed by atoms with Gasteiger partial charge in [0.15, 0.2) is 0 Å². The van der Waals surface area contributed by atoms with E-state index >= 15 is 0 Å². The molecule has 0 fully saturated rings. The van der Waals surface area contributed by atoms with Crippen LogP contribution in [0.15, 0.2) is 36.9 Å². The van der Waals surface area contributed by atoms with Crippen LogP contribution in [0, 0.1) is 17.0 Å². The van der Waals surface area contributed by atoms with Crippen molar-refractivity contribution in [2.45, 2.75) is 26.4 Å². The third kappa shape index (κ3) is 3.44. The van der Waals surface area contributed by atoms with Crippen molar-refractivity contribution >= 4 is 11.6 Å². The maximum Gasteiger partial charge on any atom is 0.285 e. The minimum atomic E-state index is -0.523. The Hall–Kier alpha value is -2.70. The van der Waals surface area contributed by atoms with Crippen molar-refractivity contribution in [2.24, 2.45) is 0 Å². The molecule has 1 amide bonds. The number of hydrogen-bond donors (Lipinski definition) is 1. The zero-order valence-corrected chi connectivity index (χ0v) is 11.8. The summed E-state index contributed by atoms with van der Waals surface area (Å²) < 4.78 is 1.83. The standard InChI is InChI=1S/C14H16N4O3/c1-10-4-3-5-12(13(10)18(20)21)14(19)16-11(2)8-17-7-6-15-9-17/h3-7,9,11H,8H2,1-2H3,(H,16,19)/t11-/m0/s1. The van der Waals surface area contributed by atoms with Gasteiger partial charge in [-0.1, -0.05) is 12.1 Å². The smallest absolute Gasteiger partial charge is 0.285 e. The van der Waals surface area contributed by atoms with E-state index in [1.807, 2.05) is 11.5 Å². The molecule has 1 N–H and O–H groups in total. The minimum Gasteiger partial charge on any atom is -0.348 e. The van der Waals surface area contributed by atoms with Gasteiger partial charge in [-0.05, 0) is 19.9 Å². The summed E-state index contributed by atoms with van der Waals surface area (Å²) in [6.45, 7) is 3.99. The number of imidazole rings is 1. The van der Waals surface area contributed by atoms with Gasteiger partial charge < -0.3 is 9.88 Å². The lowest BCUT2D eigenvalue weighted by Gasteiger charge is -2.14. The largest absolute Gasteiger partial charge is 0.348 e. The van der Waals surface area contributed by atoms with Crippen LogP contribution in [-0.2, 0) is 6.54 Å². The number of aromatic nitrogens is 2. The number of hydrogen-bond acceptors (Lipinski definition) is 4. The molecule has 1 aromatic heterocycles. The molecule has 1 heterocycles. The van der Waals surface area contributed by atoms with Crippen molar-refractivity contribution in [2.75, 3.05) is 0 Å². The highest BCUT2D eigenvalue weighted by molar-refractivity contribution is 5.98. The van der Waals surface area contributed by atoms with E-state index in [9.17, 15) is 14.9 Å². The summed E-state index contributed by atoms with van der Waals surface area (Å²) in [5.41, 5.74) is 0.400. The Morgan fingerprint density at radius 3 is 2.90 bits per heavy atom. The topological polar surface area (TPSA) is 90.1 Å². The molecule has 1 aromatic carbocycles. The Morgan fingerprint density at radius 2 is 2.29 bits per heavy atom. The lowest BCUT2D eigenvalue weighted by atomic mass is 10.1. The zero-order chi connectivity index (χ0) is 15.4. The maximum atomic E-state index is 12.2. The number of amides is 1. The lowest BCUT2D eigenvalue weighted by molar-refractivity contribution is -0.385. The number of para-hydroxylation sites is 1. The van der Waals surface area contributed by atoms with E-state index < -0.39 is 10.8 Å². The minimum absolute atomic E-state index is 0.0810. The molecule has 7 heteroatoms. The van der Waals surface area contributed by atoms with Crippen LogP contribution in [0.25, 0.3) is 0 Å². The van der Waals surface area contributed by atoms with Crippen LogP contribution >= 0.6 is 0 Å². The van der Waals surface area contributed by atoms with Crippen LogP contribution in [-0.4, -0.2) is 26.4 Å². The Labute approximate surface area is 121 Å². The summed E-state index contributed by atoms with van der Waals surface area (Å²) in [5, 5.41) is 13.9. The van der Waals surface area contributed by atoms with Crippen molar-refractivity contribution in [3.8, 4) is 0 Å². The first-order chi connectivity index (χ1) is 9.99. The highest BCUT2D eigenvalue weighted by atomic mass is 16.6. The average Bonchev–Trinajstić information content (AvgIpc) is 2.90. The second-order valence-corrected chi connectivity index (χ2v) is 4.86. The highest BCUT2D eigenvalue weighted by Gasteiger charge is 2.23. The van der Waals surface area contributed by atoms with Gasteiger partial charge in [0.05, 0.1) is 11.3 Å². The Bertz CT molecular complexity index is 652. The van der Waals surface area contributed by atoms with E-state index in [-0.39, 0.29) is 17.3 Å². The monoisotopic (exact) mass is 288 g/mol. The second kappa shape index (κ2) is 6.17. The van der Waals surface area contributed by atoms with Gasteiger partial charge in [0.25, 0.3) is 11.6 Å². The zero-order valence-electron chi connectivity index (χ0n) is 11.8. The summed E-state index contributed by atoms with van der Waals surface area (Å²) in [7, 11) is 0. The molecule has 110 valence electrons. The third-order valence-electron chi connectivity index (χ3n) is 3.09. The quantitative estimate of drug-likeness (QED) is 0.672. The van der Waals surface area contributed by atoms with Crippen molar-refractivity contribution in [3.63, 3.8) is 0 Å². The molecule has 0 aliphatic carbocycles. The van der Waals surface area contributed by atoms with Gasteiger partial charge in [-0.15, -0.1) is 0 Å². The van der Waals surface area contributed by atoms with Gasteiger partial charge >= 0.3 is 0 Å². The Balaban J connectivity index is 2.13. The molecule has 21 heavy (non-hydrogen) atoms. The van der Waals surface area contributed by atoms with E-state index in [1.54, 1.807) is 37.8 Å². The highest BCUT2D eigenvalue weighted by Crippen LogP contribution is 2.22. The van der Waals surface area contributed by atoms with Gasteiger partial charge in [0, 0.05) is 30.5 Å². The lowest BCUT2D eigenvalue weighted by Crippen LogP contribution is -2.35. The normalized spacial score (nSPS) is 11.9. The summed E-state index contributed by atoms with van der Waals surface area (Å²) in [6.07, 6.45) is 5.09. The van der Waals surface area contributed by atoms with Gasteiger partial charge in [0.2, 0.25) is 0 Å². The molecule has 0 aliphatic rings. The summed E-state index contributed by atoms with van der Waals surface area (Å²) in [6, 6.07) is 4.54. The van der Waals surface area contributed by atoms with Crippen LogP contribution in [0.4, 0.5) is 5.69 Å². The van der Waals surface area contributed by atoms with Gasteiger partial charge in [-0.25, -0.2) is 4.98 Å². The summed E-state index contributed by atoms with van der Waals surface area (Å²) in [4.78, 5) is 26.7. The van der Waals surface area contributed by atoms with Crippen molar-refractivity contribution in [3.05, 3.63) is 58.2 Å². The number of benzene rings is 1. The van der Waals surface area contributed by atoms with Gasteiger partial charge in [-0.3, -0.25) is 14.9 Å². The van der Waals surface area contributed by atoms with E-state index in [0.29, 0.717) is 12.1 Å². The van der Waals surface area contributed by atoms with Crippen molar-refractivity contribution in [1.82, 2.24) is 14.9 Å². The van der Waals surface area contributed by atoms with Crippen molar-refractivity contribution < 1.29 is 9.72 Å². The predicted molar refractivity (Wildman–Crippen MR) is 77.0 cm³/mol. The third-order valence-corrected chi connectivity index (χ3v) is 3.09. The number of rotatable bonds is 5. The molecule has 0 bridgehead atoms. The molecule has 2 rings (SSSR count). The molecule has 7 nitrogen and oxygen atoms in total. The molecule has 0 unspecified atom stereocenters. The fourth-order valence-corrected chi connectivity index (χ4v) is 2.14. The number of nitro benzene ring substituents is 1. The Kier molecular flexibility index (Phi) is 4.32. The number of aryl methyl sites for hydroxylation is 1. The first-order valence-corrected chi connectivity index (χ1v) is 6.49. The van der Waals surface area contributed by atoms with Gasteiger partial charge in [0.1, 0.15) is 5.56 Å². The molecule has 0 saturated carbocycles. The summed E-state index contributed by atoms with van der Waals surface area (Å²) in [5.74, 6) is -0.446. The predicted octanol–water partition coefficient (Wildman–Crippen LogP) is 1.92. The molecule has 1 atom stereocenters. The first kappa shape index (κ1) is 14.7. The molecule has 0 radical (unpaired) electrons. The van der Waals surface area contributed by atoms with Crippen LogP contribution < -0.4 is 5.32 Å². The molecular formula is C14H16N4O3. The molecule has 0 aliphatic heterocycles. The van der Waals surface area contributed by atoms with Crippen LogP contribution in [0.1, 0.15) is 22.8 Å². The van der Waals surface area contributed by atoms with Crippen LogP contribution in [0.2, 0.25) is 0 Å². The Morgan fingerprint density at radius 1 is 1.52 bits per heavy atom. The van der Waals surface area contributed by atoms with E-state index in [2.05, 4.69) is 10.3 Å². The van der Waals surface area contributed by atoms with Crippen molar-refractivity contribution in [1.29, 1.82) is 0 Å². The molecular weight excluding hydrogens is 272 g/mol. The van der Waals surface area contributed by atoms with E-state index in [0.717, 1.165) is 0 Å². The molecule has 2 aromatic rings. The number of nitrogens with zero attached hydrogens (tertiary/aromatic N) is 3. The fourth-order valence-electron chi connectivity index (χ4n) is 2.14. The van der Waals surface area contributed by atoms with E-state index in [4.69, 9.17) is 0 Å². The van der Waals surface area contributed by atoms with Crippen LogP contribution in [0.3, 0.4) is 0 Å². The first-order valence-electron chi connectivity index (χ1n) is 6.49. The SMILES string of the molecule is Cc1cccc(C(=O)N[C@@H](C)Cn2ccnc2)c1[N+](=O)[O-]. The number of nitro groups is 1. The number of nitrogens with one attached hydrogen (secondary N) is 1. The maximum absolute atomic E-state index is 12.2. The number of carbonyl (C=O) groups excluding carboxylic acids is 1. The number of carbonyl (C=O) groups is 1. The molecule has 0 saturated heterocycles.